The summed E-state index contributed by atoms with van der Waals surface area (Å²) in [6, 6.07) is 2.25. The molecule has 0 spiro atoms. The molecule has 1 rings (SSSR count). The van der Waals surface area contributed by atoms with E-state index >= 15 is 0 Å². The highest BCUT2D eigenvalue weighted by atomic mass is 79.9. The van der Waals surface area contributed by atoms with Gasteiger partial charge >= 0.3 is 0 Å². The molecule has 0 aliphatic heterocycles. The Morgan fingerprint density at radius 2 is 1.82 bits per heavy atom. The Kier molecular flexibility index (Phi) is 4.67. The summed E-state index contributed by atoms with van der Waals surface area (Å²) >= 11 is 2.98. The maximum Gasteiger partial charge on any atom is 0.137 e. The van der Waals surface area contributed by atoms with Crippen LogP contribution in [0.5, 0.6) is 0 Å². The number of nitrogens with one attached hydrogen (secondary N) is 1. The van der Waals surface area contributed by atoms with Gasteiger partial charge in [0.1, 0.15) is 11.6 Å². The van der Waals surface area contributed by atoms with E-state index in [9.17, 15) is 8.78 Å². The van der Waals surface area contributed by atoms with Gasteiger partial charge in [0.25, 0.3) is 0 Å². The van der Waals surface area contributed by atoms with Crippen molar-refractivity contribution < 1.29 is 8.78 Å². The predicted octanol–water partition coefficient (Wildman–Crippen LogP) is 4.42. The molecule has 4 heteroatoms. The molecule has 96 valence electrons. The summed E-state index contributed by atoms with van der Waals surface area (Å²) in [6.45, 7) is 6.22. The van der Waals surface area contributed by atoms with Crippen molar-refractivity contribution in [3.05, 3.63) is 33.8 Å². The van der Waals surface area contributed by atoms with Gasteiger partial charge in [-0.3, -0.25) is 0 Å². The van der Waals surface area contributed by atoms with E-state index < -0.39 is 5.82 Å². The molecule has 0 bridgehead atoms. The van der Waals surface area contributed by atoms with Crippen molar-refractivity contribution in [3.63, 3.8) is 0 Å². The van der Waals surface area contributed by atoms with Crippen LogP contribution in [0.25, 0.3) is 0 Å². The first-order valence-electron chi connectivity index (χ1n) is 5.56. The molecule has 1 nitrogen and oxygen atoms in total. The molecule has 1 aromatic rings. The van der Waals surface area contributed by atoms with Crippen LogP contribution in [0.15, 0.2) is 16.6 Å². The first-order chi connectivity index (χ1) is 7.74. The fourth-order valence-electron chi connectivity index (χ4n) is 1.78. The number of hydrogen-bond donors (Lipinski definition) is 1. The number of benzene rings is 1. The molecule has 0 amide bonds. The fraction of sp³-hybridized carbons (Fsp3) is 0.538. The molecule has 0 heterocycles. The van der Waals surface area contributed by atoms with Crippen LogP contribution in [0.1, 0.15) is 38.8 Å². The summed E-state index contributed by atoms with van der Waals surface area (Å²) in [5, 5.41) is 3.04. The van der Waals surface area contributed by atoms with Gasteiger partial charge in [0.2, 0.25) is 0 Å². The molecule has 1 unspecified atom stereocenters. The highest BCUT2D eigenvalue weighted by Gasteiger charge is 2.22. The first-order valence-corrected chi connectivity index (χ1v) is 6.35. The van der Waals surface area contributed by atoms with Crippen molar-refractivity contribution in [2.45, 2.75) is 33.2 Å². The van der Waals surface area contributed by atoms with Gasteiger partial charge in [-0.1, -0.05) is 20.8 Å². The molecule has 1 N–H and O–H groups in total. The van der Waals surface area contributed by atoms with Gasteiger partial charge in [-0.2, -0.15) is 0 Å². The summed E-state index contributed by atoms with van der Waals surface area (Å²) in [5.41, 5.74) is 0.423. The van der Waals surface area contributed by atoms with Crippen molar-refractivity contribution >= 4 is 15.9 Å². The van der Waals surface area contributed by atoms with Crippen molar-refractivity contribution in [1.29, 1.82) is 0 Å². The van der Waals surface area contributed by atoms with Crippen LogP contribution >= 0.6 is 15.9 Å². The molecule has 0 radical (unpaired) electrons. The van der Waals surface area contributed by atoms with Crippen molar-refractivity contribution in [2.75, 3.05) is 7.05 Å². The molecule has 1 aromatic carbocycles. The molecule has 1 atom stereocenters. The lowest BCUT2D eigenvalue weighted by Crippen LogP contribution is -2.23. The van der Waals surface area contributed by atoms with E-state index in [0.29, 0.717) is 5.56 Å². The van der Waals surface area contributed by atoms with Crippen molar-refractivity contribution in [2.24, 2.45) is 5.41 Å². The lowest BCUT2D eigenvalue weighted by molar-refractivity contribution is 0.315. The summed E-state index contributed by atoms with van der Waals surface area (Å²) in [6.07, 6.45) is 0.738. The predicted molar refractivity (Wildman–Crippen MR) is 69.9 cm³/mol. The highest BCUT2D eigenvalue weighted by molar-refractivity contribution is 9.10. The lowest BCUT2D eigenvalue weighted by Gasteiger charge is -2.26. The zero-order valence-corrected chi connectivity index (χ0v) is 12.2. The van der Waals surface area contributed by atoms with Crippen molar-refractivity contribution in [1.82, 2.24) is 5.32 Å². The molecule has 0 fully saturated rings. The van der Waals surface area contributed by atoms with Crippen LogP contribution < -0.4 is 5.32 Å². The third kappa shape index (κ3) is 4.03. The van der Waals surface area contributed by atoms with Gasteiger partial charge in [-0.05, 0) is 46.9 Å². The van der Waals surface area contributed by atoms with Crippen LogP contribution in [0.4, 0.5) is 8.78 Å². The lowest BCUT2D eigenvalue weighted by atomic mass is 9.85. The molecule has 0 aliphatic carbocycles. The zero-order valence-electron chi connectivity index (χ0n) is 10.6. The van der Waals surface area contributed by atoms with Gasteiger partial charge in [0.05, 0.1) is 4.47 Å². The van der Waals surface area contributed by atoms with E-state index in [2.05, 4.69) is 42.0 Å². The third-order valence-electron chi connectivity index (χ3n) is 2.58. The quantitative estimate of drug-likeness (QED) is 0.815. The molecular formula is C13H18BrF2N. The van der Waals surface area contributed by atoms with Gasteiger partial charge in [0, 0.05) is 11.6 Å². The molecule has 0 aromatic heterocycles. The Morgan fingerprint density at radius 3 is 2.29 bits per heavy atom. The van der Waals surface area contributed by atoms with Crippen LogP contribution in [0.2, 0.25) is 0 Å². The second kappa shape index (κ2) is 5.44. The van der Waals surface area contributed by atoms with E-state index in [4.69, 9.17) is 0 Å². The summed E-state index contributed by atoms with van der Waals surface area (Å²) in [7, 11) is 1.76. The largest absolute Gasteiger partial charge is 0.313 e. The number of rotatable bonds is 3. The molecule has 17 heavy (non-hydrogen) atoms. The SMILES string of the molecule is CNC(CC(C)(C)C)c1cc(F)c(Br)cc1F. The number of halogens is 3. The summed E-state index contributed by atoms with van der Waals surface area (Å²) < 4.78 is 27.4. The van der Waals surface area contributed by atoms with Gasteiger partial charge in [0.15, 0.2) is 0 Å². The molecular weight excluding hydrogens is 288 g/mol. The van der Waals surface area contributed by atoms with Gasteiger partial charge < -0.3 is 5.32 Å². The summed E-state index contributed by atoms with van der Waals surface area (Å²) in [4.78, 5) is 0. The molecule has 0 saturated carbocycles. The maximum atomic E-state index is 13.8. The van der Waals surface area contributed by atoms with Crippen LogP contribution in [0, 0.1) is 17.0 Å². The van der Waals surface area contributed by atoms with E-state index in [1.807, 2.05) is 0 Å². The second-order valence-corrected chi connectivity index (χ2v) is 6.25. The smallest absolute Gasteiger partial charge is 0.137 e. The Balaban J connectivity index is 3.08. The van der Waals surface area contributed by atoms with Crippen LogP contribution in [-0.2, 0) is 0 Å². The standard InChI is InChI=1S/C13H18BrF2N/c1-13(2,3)7-12(17-4)8-5-11(16)9(14)6-10(8)15/h5-6,12,17H,7H2,1-4H3. The average molecular weight is 306 g/mol. The monoisotopic (exact) mass is 305 g/mol. The van der Waals surface area contributed by atoms with Gasteiger partial charge in [-0.15, -0.1) is 0 Å². The number of hydrogen-bond acceptors (Lipinski definition) is 1. The average Bonchev–Trinajstić information content (AvgIpc) is 2.19. The van der Waals surface area contributed by atoms with E-state index in [1.165, 1.54) is 12.1 Å². The fourth-order valence-corrected chi connectivity index (χ4v) is 2.10. The van der Waals surface area contributed by atoms with E-state index in [0.717, 1.165) is 6.42 Å². The van der Waals surface area contributed by atoms with Crippen LogP contribution in [-0.4, -0.2) is 7.05 Å². The van der Waals surface area contributed by atoms with Gasteiger partial charge in [-0.25, -0.2) is 8.78 Å². The van der Waals surface area contributed by atoms with Crippen LogP contribution in [0.3, 0.4) is 0 Å². The Bertz CT molecular complexity index is 399. The highest BCUT2D eigenvalue weighted by Crippen LogP contribution is 2.32. The van der Waals surface area contributed by atoms with E-state index in [1.54, 1.807) is 7.05 Å². The minimum Gasteiger partial charge on any atom is -0.313 e. The third-order valence-corrected chi connectivity index (χ3v) is 3.19. The first kappa shape index (κ1) is 14.6. The minimum atomic E-state index is -0.435. The van der Waals surface area contributed by atoms with E-state index in [-0.39, 0.29) is 21.7 Å². The topological polar surface area (TPSA) is 12.0 Å². The normalized spacial score (nSPS) is 13.8. The molecule has 0 saturated heterocycles. The molecule has 0 aliphatic rings. The second-order valence-electron chi connectivity index (χ2n) is 5.39. The maximum absolute atomic E-state index is 13.8. The summed E-state index contributed by atoms with van der Waals surface area (Å²) in [5.74, 6) is -0.822. The Labute approximate surface area is 110 Å². The van der Waals surface area contributed by atoms with Crippen molar-refractivity contribution in [3.8, 4) is 0 Å². The Hall–Kier alpha value is -0.480. The minimum absolute atomic E-state index is 0.0453. The Morgan fingerprint density at radius 1 is 1.24 bits per heavy atom. The zero-order chi connectivity index (χ0) is 13.2.